The Morgan fingerprint density at radius 3 is 2.70 bits per heavy atom. The van der Waals surface area contributed by atoms with Crippen LogP contribution in [0.15, 0.2) is 12.2 Å². The molecule has 4 heteroatoms. The second kappa shape index (κ2) is 5.76. The van der Waals surface area contributed by atoms with Crippen LogP contribution >= 0.6 is 0 Å². The zero-order valence-corrected chi connectivity index (χ0v) is 13.2. The number of nitrogens with zero attached hydrogens (tertiary/aromatic N) is 1. The maximum absolute atomic E-state index is 12.3. The largest absolute Gasteiger partial charge is 0.444 e. The van der Waals surface area contributed by atoms with Crippen LogP contribution in [0.25, 0.3) is 0 Å². The first-order valence-corrected chi connectivity index (χ1v) is 7.64. The number of carbonyl (C=O) groups is 1. The third kappa shape index (κ3) is 3.54. The van der Waals surface area contributed by atoms with Gasteiger partial charge in [-0.05, 0) is 52.9 Å². The van der Waals surface area contributed by atoms with E-state index in [1.54, 1.807) is 0 Å². The van der Waals surface area contributed by atoms with Crippen molar-refractivity contribution in [2.75, 3.05) is 13.1 Å². The molecule has 2 aliphatic rings. The van der Waals surface area contributed by atoms with Crippen molar-refractivity contribution in [1.82, 2.24) is 10.2 Å². The molecule has 3 atom stereocenters. The molecule has 3 unspecified atom stereocenters. The van der Waals surface area contributed by atoms with E-state index >= 15 is 0 Å². The van der Waals surface area contributed by atoms with Crippen LogP contribution in [-0.4, -0.2) is 41.8 Å². The van der Waals surface area contributed by atoms with Crippen molar-refractivity contribution in [2.24, 2.45) is 5.92 Å². The van der Waals surface area contributed by atoms with Crippen molar-refractivity contribution >= 4 is 6.09 Å². The molecule has 0 aromatic carbocycles. The minimum absolute atomic E-state index is 0.132. The molecule has 1 amide bonds. The Bertz CT molecular complexity index is 386. The van der Waals surface area contributed by atoms with Crippen LogP contribution in [0.5, 0.6) is 0 Å². The first-order chi connectivity index (χ1) is 9.28. The van der Waals surface area contributed by atoms with Crippen LogP contribution in [0.1, 0.15) is 47.0 Å². The molecule has 0 aromatic rings. The van der Waals surface area contributed by atoms with Gasteiger partial charge < -0.3 is 15.0 Å². The Balaban J connectivity index is 1.90. The van der Waals surface area contributed by atoms with E-state index in [4.69, 9.17) is 4.74 Å². The molecule has 0 aromatic heterocycles. The van der Waals surface area contributed by atoms with E-state index in [0.717, 1.165) is 37.9 Å². The molecule has 0 aliphatic carbocycles. The molecule has 2 bridgehead atoms. The summed E-state index contributed by atoms with van der Waals surface area (Å²) < 4.78 is 5.55. The van der Waals surface area contributed by atoms with Gasteiger partial charge in [-0.3, -0.25) is 0 Å². The normalized spacial score (nSPS) is 28.8. The third-order valence-electron chi connectivity index (χ3n) is 4.10. The Morgan fingerprint density at radius 1 is 1.40 bits per heavy atom. The summed E-state index contributed by atoms with van der Waals surface area (Å²) in [5.41, 5.74) is 0.740. The SMILES string of the molecule is C=C(C)CNCC1CC2CCC1N2C(=O)OC(C)(C)C. The summed E-state index contributed by atoms with van der Waals surface area (Å²) in [5.74, 6) is 0.556. The van der Waals surface area contributed by atoms with Gasteiger partial charge in [0.05, 0.1) is 0 Å². The molecular formula is C16H28N2O2. The molecule has 0 saturated carbocycles. The molecule has 114 valence electrons. The molecule has 2 heterocycles. The average molecular weight is 280 g/mol. The maximum atomic E-state index is 12.3. The summed E-state index contributed by atoms with van der Waals surface area (Å²) in [6, 6.07) is 0.735. The number of hydrogen-bond donors (Lipinski definition) is 1. The van der Waals surface area contributed by atoms with Gasteiger partial charge in [-0.25, -0.2) is 4.79 Å². The maximum Gasteiger partial charge on any atom is 0.410 e. The van der Waals surface area contributed by atoms with Gasteiger partial charge >= 0.3 is 6.09 Å². The number of carbonyl (C=O) groups excluding carboxylic acids is 1. The lowest BCUT2D eigenvalue weighted by atomic mass is 9.89. The van der Waals surface area contributed by atoms with Gasteiger partial charge in [0, 0.05) is 25.2 Å². The highest BCUT2D eigenvalue weighted by Gasteiger charge is 2.49. The predicted molar refractivity (Wildman–Crippen MR) is 80.7 cm³/mol. The van der Waals surface area contributed by atoms with Crippen LogP contribution in [0.3, 0.4) is 0 Å². The number of fused-ring (bicyclic) bond motifs is 2. The van der Waals surface area contributed by atoms with Crippen LogP contribution in [0.2, 0.25) is 0 Å². The van der Waals surface area contributed by atoms with Gasteiger partial charge in [0.15, 0.2) is 0 Å². The second-order valence-corrected chi connectivity index (χ2v) is 7.27. The van der Waals surface area contributed by atoms with Crippen molar-refractivity contribution in [2.45, 2.75) is 64.6 Å². The van der Waals surface area contributed by atoms with Gasteiger partial charge in [0.25, 0.3) is 0 Å². The second-order valence-electron chi connectivity index (χ2n) is 7.27. The Hall–Kier alpha value is -1.03. The van der Waals surface area contributed by atoms with Crippen molar-refractivity contribution in [3.8, 4) is 0 Å². The van der Waals surface area contributed by atoms with Crippen LogP contribution in [-0.2, 0) is 4.74 Å². The van der Waals surface area contributed by atoms with Gasteiger partial charge in [0.1, 0.15) is 5.60 Å². The van der Waals surface area contributed by atoms with Crippen molar-refractivity contribution in [3.05, 3.63) is 12.2 Å². The lowest BCUT2D eigenvalue weighted by Gasteiger charge is -2.28. The number of rotatable bonds is 4. The smallest absolute Gasteiger partial charge is 0.410 e. The summed E-state index contributed by atoms with van der Waals surface area (Å²) >= 11 is 0. The zero-order chi connectivity index (χ0) is 14.9. The number of hydrogen-bond acceptors (Lipinski definition) is 3. The molecule has 0 radical (unpaired) electrons. The molecule has 2 rings (SSSR count). The van der Waals surface area contributed by atoms with E-state index in [1.807, 2.05) is 32.6 Å². The molecular weight excluding hydrogens is 252 g/mol. The number of ether oxygens (including phenoxy) is 1. The van der Waals surface area contributed by atoms with Gasteiger partial charge in [0.2, 0.25) is 0 Å². The highest BCUT2D eigenvalue weighted by molar-refractivity contribution is 5.70. The topological polar surface area (TPSA) is 41.6 Å². The van der Waals surface area contributed by atoms with E-state index in [2.05, 4.69) is 11.9 Å². The Kier molecular flexibility index (Phi) is 4.43. The Morgan fingerprint density at radius 2 is 2.10 bits per heavy atom. The lowest BCUT2D eigenvalue weighted by molar-refractivity contribution is 0.0205. The standard InChI is InChI=1S/C16H28N2O2/c1-11(2)9-17-10-12-8-13-6-7-14(12)18(13)15(19)20-16(3,4)5/h12-14,17H,1,6-10H2,2-5H3. The van der Waals surface area contributed by atoms with E-state index in [0.29, 0.717) is 18.0 Å². The van der Waals surface area contributed by atoms with Gasteiger partial charge in [-0.15, -0.1) is 0 Å². The van der Waals surface area contributed by atoms with E-state index in [1.165, 1.54) is 0 Å². The fourth-order valence-electron chi connectivity index (χ4n) is 3.40. The van der Waals surface area contributed by atoms with Crippen molar-refractivity contribution in [1.29, 1.82) is 0 Å². The quantitative estimate of drug-likeness (QED) is 0.805. The first kappa shape index (κ1) is 15.4. The molecule has 2 saturated heterocycles. The minimum atomic E-state index is -0.410. The van der Waals surface area contributed by atoms with Gasteiger partial charge in [-0.1, -0.05) is 12.2 Å². The average Bonchev–Trinajstić information content (AvgIpc) is 2.83. The molecule has 20 heavy (non-hydrogen) atoms. The van der Waals surface area contributed by atoms with Crippen molar-refractivity contribution in [3.63, 3.8) is 0 Å². The molecule has 0 spiro atoms. The molecule has 1 N–H and O–H groups in total. The minimum Gasteiger partial charge on any atom is -0.444 e. The fourth-order valence-corrected chi connectivity index (χ4v) is 3.40. The van der Waals surface area contributed by atoms with Crippen LogP contribution in [0, 0.1) is 5.92 Å². The van der Waals surface area contributed by atoms with E-state index < -0.39 is 5.60 Å². The summed E-state index contributed by atoms with van der Waals surface area (Å²) in [5, 5.41) is 3.44. The summed E-state index contributed by atoms with van der Waals surface area (Å²) in [6.45, 7) is 13.5. The number of nitrogens with one attached hydrogen (secondary N) is 1. The monoisotopic (exact) mass is 280 g/mol. The summed E-state index contributed by atoms with van der Waals surface area (Å²) in [7, 11) is 0. The first-order valence-electron chi connectivity index (χ1n) is 7.64. The van der Waals surface area contributed by atoms with E-state index in [9.17, 15) is 4.79 Å². The number of amides is 1. The summed E-state index contributed by atoms with van der Waals surface area (Å²) in [4.78, 5) is 14.3. The zero-order valence-electron chi connectivity index (χ0n) is 13.2. The van der Waals surface area contributed by atoms with E-state index in [-0.39, 0.29) is 6.09 Å². The fraction of sp³-hybridized carbons (Fsp3) is 0.812. The van der Waals surface area contributed by atoms with Crippen LogP contribution < -0.4 is 5.32 Å². The summed E-state index contributed by atoms with van der Waals surface area (Å²) in [6.07, 6.45) is 3.21. The van der Waals surface area contributed by atoms with Crippen LogP contribution in [0.4, 0.5) is 4.79 Å². The third-order valence-corrected chi connectivity index (χ3v) is 4.10. The Labute approximate surface area is 122 Å². The highest BCUT2D eigenvalue weighted by atomic mass is 16.6. The predicted octanol–water partition coefficient (Wildman–Crippen LogP) is 2.94. The van der Waals surface area contributed by atoms with Crippen molar-refractivity contribution < 1.29 is 9.53 Å². The molecule has 2 fully saturated rings. The molecule has 4 nitrogen and oxygen atoms in total. The van der Waals surface area contributed by atoms with Gasteiger partial charge in [-0.2, -0.15) is 0 Å². The lowest BCUT2D eigenvalue weighted by Crippen LogP contribution is -2.41. The highest BCUT2D eigenvalue weighted by Crippen LogP contribution is 2.42. The molecule has 2 aliphatic heterocycles.